The average Bonchev–Trinajstić information content (AvgIpc) is 2.02. The summed E-state index contributed by atoms with van der Waals surface area (Å²) in [5.41, 5.74) is 0.418. The Balaban J connectivity index is 0.00000196. The van der Waals surface area contributed by atoms with E-state index in [0.29, 0.717) is 5.56 Å². The third kappa shape index (κ3) is 5.29. The van der Waals surface area contributed by atoms with Crippen molar-refractivity contribution in [3.05, 3.63) is 35.4 Å². The Hall–Kier alpha value is -0.400. The van der Waals surface area contributed by atoms with E-state index in [1.54, 1.807) is 0 Å². The number of carboxylic acids is 1. The summed E-state index contributed by atoms with van der Waals surface area (Å²) in [6.07, 6.45) is 0. The molecule has 0 saturated carbocycles. The molecule has 0 aliphatic carbocycles. The van der Waals surface area contributed by atoms with Crippen LogP contribution in [0, 0.1) is 0 Å². The number of carbonyl (C=O) groups is 1. The molecule has 0 spiro atoms. The summed E-state index contributed by atoms with van der Waals surface area (Å²) in [6.45, 7) is 0. The van der Waals surface area contributed by atoms with Crippen LogP contribution in [0.25, 0.3) is 0 Å². The molecule has 0 aromatic heterocycles. The Kier molecular flexibility index (Phi) is 5.47. The van der Waals surface area contributed by atoms with Crippen LogP contribution in [0.5, 0.6) is 0 Å². The fourth-order valence-electron chi connectivity index (χ4n) is 0.954. The number of carboxylic acid groups (broad SMARTS) is 1. The third-order valence-electron chi connectivity index (χ3n) is 1.55. The van der Waals surface area contributed by atoms with Crippen molar-refractivity contribution in [2.24, 2.45) is 0 Å². The van der Waals surface area contributed by atoms with Gasteiger partial charge in [-0.15, -0.1) is 0 Å². The van der Waals surface area contributed by atoms with Gasteiger partial charge in [0.1, 0.15) is 5.75 Å². The number of hydrogen-bond donors (Lipinski definition) is 2. The first-order valence-electron chi connectivity index (χ1n) is 3.66. The molecule has 1 aromatic rings. The van der Waals surface area contributed by atoms with Crippen LogP contribution in [-0.4, -0.2) is 53.6 Å². The SMILES string of the molecule is O=C(O)c1ccc(CS(=O)(=O)O)cc1.[NaH]. The minimum atomic E-state index is -4.06. The quantitative estimate of drug-likeness (QED) is 0.578. The fourth-order valence-corrected chi connectivity index (χ4v) is 1.57. The zero-order chi connectivity index (χ0) is 10.8. The van der Waals surface area contributed by atoms with Gasteiger partial charge in [0, 0.05) is 0 Å². The van der Waals surface area contributed by atoms with Crippen LogP contribution in [0.4, 0.5) is 0 Å². The van der Waals surface area contributed by atoms with Crippen LogP contribution >= 0.6 is 0 Å². The fraction of sp³-hybridized carbons (Fsp3) is 0.125. The predicted octanol–water partition coefficient (Wildman–Crippen LogP) is 0.124. The van der Waals surface area contributed by atoms with Gasteiger partial charge < -0.3 is 5.11 Å². The molecule has 7 heteroatoms. The normalized spacial score (nSPS) is 10.5. The van der Waals surface area contributed by atoms with E-state index >= 15 is 0 Å². The van der Waals surface area contributed by atoms with E-state index in [0.717, 1.165) is 0 Å². The third-order valence-corrected chi connectivity index (χ3v) is 2.25. The van der Waals surface area contributed by atoms with Crippen LogP contribution in [-0.2, 0) is 15.9 Å². The molecule has 0 unspecified atom stereocenters. The zero-order valence-electron chi connectivity index (χ0n) is 7.04. The first-order valence-corrected chi connectivity index (χ1v) is 5.27. The Morgan fingerprint density at radius 2 is 1.67 bits per heavy atom. The minimum absolute atomic E-state index is 0. The zero-order valence-corrected chi connectivity index (χ0v) is 7.86. The van der Waals surface area contributed by atoms with E-state index in [4.69, 9.17) is 9.66 Å². The Morgan fingerprint density at radius 1 is 1.20 bits per heavy atom. The molecule has 0 atom stereocenters. The molecule has 5 nitrogen and oxygen atoms in total. The monoisotopic (exact) mass is 240 g/mol. The van der Waals surface area contributed by atoms with Gasteiger partial charge in [-0.1, -0.05) is 12.1 Å². The van der Waals surface area contributed by atoms with Crippen molar-refractivity contribution in [1.29, 1.82) is 0 Å². The van der Waals surface area contributed by atoms with Gasteiger partial charge in [-0.3, -0.25) is 4.55 Å². The molecule has 0 amide bonds. The van der Waals surface area contributed by atoms with Crippen LogP contribution in [0.1, 0.15) is 15.9 Å². The van der Waals surface area contributed by atoms with E-state index < -0.39 is 21.8 Å². The van der Waals surface area contributed by atoms with Gasteiger partial charge in [-0.25, -0.2) is 4.79 Å². The van der Waals surface area contributed by atoms with Crippen molar-refractivity contribution >= 4 is 45.6 Å². The maximum absolute atomic E-state index is 10.5. The summed E-state index contributed by atoms with van der Waals surface area (Å²) in [4.78, 5) is 10.4. The molecule has 15 heavy (non-hydrogen) atoms. The topological polar surface area (TPSA) is 91.7 Å². The van der Waals surface area contributed by atoms with Crippen molar-refractivity contribution in [2.45, 2.75) is 5.75 Å². The maximum atomic E-state index is 10.5. The number of aromatic carboxylic acids is 1. The van der Waals surface area contributed by atoms with Gasteiger partial charge in [0.2, 0.25) is 0 Å². The summed E-state index contributed by atoms with van der Waals surface area (Å²) in [5.74, 6) is -1.59. The molecule has 0 fully saturated rings. The number of rotatable bonds is 3. The van der Waals surface area contributed by atoms with Crippen LogP contribution in [0.3, 0.4) is 0 Å². The summed E-state index contributed by atoms with van der Waals surface area (Å²) in [5, 5.41) is 8.54. The van der Waals surface area contributed by atoms with E-state index in [1.165, 1.54) is 24.3 Å². The predicted molar refractivity (Wildman–Crippen MR) is 55.8 cm³/mol. The molecule has 0 aliphatic heterocycles. The standard InChI is InChI=1S/C8H8O5S.Na.H/c9-8(10)7-3-1-6(2-4-7)5-14(11,12)13;;/h1-4H,5H2,(H,9,10)(H,11,12,13);;. The molecule has 0 aliphatic rings. The van der Waals surface area contributed by atoms with Gasteiger partial charge in [0.25, 0.3) is 10.1 Å². The van der Waals surface area contributed by atoms with Crippen LogP contribution in [0.2, 0.25) is 0 Å². The second-order valence-electron chi connectivity index (χ2n) is 2.73. The molecular formula is C8H9NaO5S. The molecule has 0 heterocycles. The second kappa shape index (κ2) is 5.62. The van der Waals surface area contributed by atoms with Gasteiger partial charge in [0.15, 0.2) is 0 Å². The van der Waals surface area contributed by atoms with Crippen LogP contribution < -0.4 is 0 Å². The first-order chi connectivity index (χ1) is 6.38. The van der Waals surface area contributed by atoms with Crippen molar-refractivity contribution in [3.8, 4) is 0 Å². The van der Waals surface area contributed by atoms with Gasteiger partial charge in [0.05, 0.1) is 5.56 Å². The summed E-state index contributed by atoms with van der Waals surface area (Å²) < 4.78 is 29.4. The Morgan fingerprint density at radius 3 is 2.00 bits per heavy atom. The van der Waals surface area contributed by atoms with Crippen molar-refractivity contribution in [3.63, 3.8) is 0 Å². The van der Waals surface area contributed by atoms with E-state index in [1.807, 2.05) is 0 Å². The first kappa shape index (κ1) is 14.6. The number of hydrogen-bond acceptors (Lipinski definition) is 3. The molecule has 0 radical (unpaired) electrons. The van der Waals surface area contributed by atoms with E-state index in [9.17, 15) is 13.2 Å². The average molecular weight is 240 g/mol. The van der Waals surface area contributed by atoms with Crippen molar-refractivity contribution in [1.82, 2.24) is 0 Å². The molecular weight excluding hydrogens is 231 g/mol. The van der Waals surface area contributed by atoms with E-state index in [2.05, 4.69) is 0 Å². The van der Waals surface area contributed by atoms with Crippen molar-refractivity contribution in [2.75, 3.05) is 0 Å². The molecule has 1 rings (SSSR count). The Bertz CT molecular complexity index is 437. The summed E-state index contributed by atoms with van der Waals surface area (Å²) in [7, 11) is -4.06. The second-order valence-corrected chi connectivity index (χ2v) is 4.18. The van der Waals surface area contributed by atoms with Crippen LogP contribution in [0.15, 0.2) is 24.3 Å². The number of benzene rings is 1. The molecule has 78 valence electrons. The summed E-state index contributed by atoms with van der Waals surface area (Å²) >= 11 is 0. The molecule has 0 bridgehead atoms. The van der Waals surface area contributed by atoms with Crippen molar-refractivity contribution < 1.29 is 22.9 Å². The van der Waals surface area contributed by atoms with Gasteiger partial charge >= 0.3 is 35.5 Å². The van der Waals surface area contributed by atoms with Gasteiger partial charge in [-0.2, -0.15) is 8.42 Å². The molecule has 0 saturated heterocycles. The summed E-state index contributed by atoms with van der Waals surface area (Å²) in [6, 6.07) is 5.25. The molecule has 2 N–H and O–H groups in total. The Labute approximate surface area is 109 Å². The molecule has 1 aromatic carbocycles. The van der Waals surface area contributed by atoms with Gasteiger partial charge in [-0.05, 0) is 17.7 Å². The van der Waals surface area contributed by atoms with E-state index in [-0.39, 0.29) is 35.1 Å².